The fourth-order valence-electron chi connectivity index (χ4n) is 2.41. The fourth-order valence-corrected chi connectivity index (χ4v) is 3.78. The van der Waals surface area contributed by atoms with Crippen molar-refractivity contribution < 1.29 is 4.79 Å². The SMILES string of the molecule is CCN1C(=O)CS[C@@H]1c1ccn(-c2ccc(Cl)cc2)c1. The van der Waals surface area contributed by atoms with Crippen LogP contribution in [0.3, 0.4) is 0 Å². The van der Waals surface area contributed by atoms with Crippen molar-refractivity contribution in [3.05, 3.63) is 53.3 Å². The topological polar surface area (TPSA) is 25.2 Å². The summed E-state index contributed by atoms with van der Waals surface area (Å²) in [6.07, 6.45) is 4.11. The molecule has 1 aliphatic rings. The number of halogens is 1. The van der Waals surface area contributed by atoms with Gasteiger partial charge < -0.3 is 9.47 Å². The van der Waals surface area contributed by atoms with Crippen LogP contribution in [0.1, 0.15) is 17.9 Å². The standard InChI is InChI=1S/C15H15ClN2OS/c1-2-18-14(19)10-20-15(18)11-7-8-17(9-11)13-5-3-12(16)4-6-13/h3-9,15H,2,10H2,1H3/t15-/m1/s1. The molecule has 1 aliphatic heterocycles. The van der Waals surface area contributed by atoms with E-state index < -0.39 is 0 Å². The van der Waals surface area contributed by atoms with Crippen LogP contribution in [0.25, 0.3) is 5.69 Å². The van der Waals surface area contributed by atoms with Gasteiger partial charge >= 0.3 is 0 Å². The van der Waals surface area contributed by atoms with Crippen molar-refractivity contribution in [1.82, 2.24) is 9.47 Å². The molecule has 1 atom stereocenters. The van der Waals surface area contributed by atoms with Gasteiger partial charge in [0.25, 0.3) is 0 Å². The van der Waals surface area contributed by atoms with Gasteiger partial charge in [-0.3, -0.25) is 4.79 Å². The molecule has 0 aliphatic carbocycles. The molecule has 1 aromatic heterocycles. The quantitative estimate of drug-likeness (QED) is 0.863. The van der Waals surface area contributed by atoms with Gasteiger partial charge in [0.2, 0.25) is 5.91 Å². The lowest BCUT2D eigenvalue weighted by atomic mass is 10.3. The molecule has 5 heteroatoms. The van der Waals surface area contributed by atoms with Gasteiger partial charge in [0, 0.05) is 35.2 Å². The zero-order valence-corrected chi connectivity index (χ0v) is 12.7. The molecule has 3 rings (SSSR count). The van der Waals surface area contributed by atoms with Crippen molar-refractivity contribution in [2.75, 3.05) is 12.3 Å². The third-order valence-electron chi connectivity index (χ3n) is 3.43. The molecule has 20 heavy (non-hydrogen) atoms. The molecule has 104 valence electrons. The van der Waals surface area contributed by atoms with Gasteiger partial charge in [-0.2, -0.15) is 0 Å². The Balaban J connectivity index is 1.87. The summed E-state index contributed by atoms with van der Waals surface area (Å²) in [5.74, 6) is 0.798. The van der Waals surface area contributed by atoms with E-state index in [0.717, 1.165) is 22.8 Å². The van der Waals surface area contributed by atoms with Crippen LogP contribution < -0.4 is 0 Å². The van der Waals surface area contributed by atoms with Crippen LogP contribution in [-0.2, 0) is 4.79 Å². The molecule has 0 bridgehead atoms. The lowest BCUT2D eigenvalue weighted by Gasteiger charge is -2.21. The van der Waals surface area contributed by atoms with Crippen molar-refractivity contribution in [2.24, 2.45) is 0 Å². The molecule has 0 spiro atoms. The first-order valence-corrected chi connectivity index (χ1v) is 7.96. The number of amides is 1. The minimum absolute atomic E-state index is 0.140. The first kappa shape index (κ1) is 13.6. The zero-order chi connectivity index (χ0) is 14.1. The molecular formula is C15H15ClN2OS. The molecule has 0 radical (unpaired) electrons. The predicted octanol–water partition coefficient (Wildman–Crippen LogP) is 3.72. The fraction of sp³-hybridized carbons (Fsp3) is 0.267. The minimum Gasteiger partial charge on any atom is -0.326 e. The number of rotatable bonds is 3. The monoisotopic (exact) mass is 306 g/mol. The van der Waals surface area contributed by atoms with E-state index in [1.54, 1.807) is 11.8 Å². The van der Waals surface area contributed by atoms with Gasteiger partial charge in [-0.25, -0.2) is 0 Å². The Labute approximate surface area is 127 Å². The van der Waals surface area contributed by atoms with Crippen LogP contribution in [0.5, 0.6) is 0 Å². The van der Waals surface area contributed by atoms with Crippen molar-refractivity contribution in [1.29, 1.82) is 0 Å². The average molecular weight is 307 g/mol. The summed E-state index contributed by atoms with van der Waals surface area (Å²) >= 11 is 7.59. The van der Waals surface area contributed by atoms with E-state index in [0.29, 0.717) is 5.75 Å². The molecule has 1 saturated heterocycles. The first-order chi connectivity index (χ1) is 9.69. The Morgan fingerprint density at radius 1 is 1.30 bits per heavy atom. The van der Waals surface area contributed by atoms with E-state index in [1.165, 1.54) is 0 Å². The van der Waals surface area contributed by atoms with Gasteiger partial charge in [-0.05, 0) is 37.3 Å². The second kappa shape index (κ2) is 5.54. The molecule has 3 nitrogen and oxygen atoms in total. The maximum absolute atomic E-state index is 11.8. The summed E-state index contributed by atoms with van der Waals surface area (Å²) in [6, 6.07) is 9.80. The van der Waals surface area contributed by atoms with Crippen LogP contribution in [0.15, 0.2) is 42.7 Å². The van der Waals surface area contributed by atoms with E-state index in [1.807, 2.05) is 42.3 Å². The maximum Gasteiger partial charge on any atom is 0.233 e. The molecule has 2 aromatic rings. The zero-order valence-electron chi connectivity index (χ0n) is 11.1. The van der Waals surface area contributed by atoms with Crippen molar-refractivity contribution in [3.8, 4) is 5.69 Å². The number of aromatic nitrogens is 1. The number of carbonyl (C=O) groups is 1. The van der Waals surface area contributed by atoms with Crippen LogP contribution in [0, 0.1) is 0 Å². The highest BCUT2D eigenvalue weighted by Crippen LogP contribution is 2.38. The number of hydrogen-bond donors (Lipinski definition) is 0. The number of benzene rings is 1. The van der Waals surface area contributed by atoms with Crippen molar-refractivity contribution in [2.45, 2.75) is 12.3 Å². The summed E-state index contributed by atoms with van der Waals surface area (Å²) in [5.41, 5.74) is 2.23. The molecule has 1 amide bonds. The summed E-state index contributed by atoms with van der Waals surface area (Å²) < 4.78 is 2.06. The summed E-state index contributed by atoms with van der Waals surface area (Å²) in [6.45, 7) is 2.77. The number of thioether (sulfide) groups is 1. The Morgan fingerprint density at radius 2 is 2.05 bits per heavy atom. The third-order valence-corrected chi connectivity index (χ3v) is 4.94. The highest BCUT2D eigenvalue weighted by atomic mass is 35.5. The van der Waals surface area contributed by atoms with E-state index in [4.69, 9.17) is 11.6 Å². The molecule has 0 saturated carbocycles. The largest absolute Gasteiger partial charge is 0.326 e. The molecular weight excluding hydrogens is 292 g/mol. The Morgan fingerprint density at radius 3 is 2.75 bits per heavy atom. The highest BCUT2D eigenvalue weighted by Gasteiger charge is 2.31. The number of carbonyl (C=O) groups excluding carboxylic acids is 1. The van der Waals surface area contributed by atoms with Crippen molar-refractivity contribution >= 4 is 29.3 Å². The van der Waals surface area contributed by atoms with Gasteiger partial charge in [0.05, 0.1) is 5.75 Å². The van der Waals surface area contributed by atoms with Gasteiger partial charge in [0.1, 0.15) is 5.37 Å². The van der Waals surface area contributed by atoms with E-state index in [2.05, 4.69) is 16.8 Å². The van der Waals surface area contributed by atoms with Crippen molar-refractivity contribution in [3.63, 3.8) is 0 Å². The highest BCUT2D eigenvalue weighted by molar-refractivity contribution is 8.00. The Kier molecular flexibility index (Phi) is 3.76. The Bertz CT molecular complexity index is 623. The van der Waals surface area contributed by atoms with E-state index in [9.17, 15) is 4.79 Å². The minimum atomic E-state index is 0.140. The normalized spacial score (nSPS) is 18.8. The van der Waals surface area contributed by atoms with Gasteiger partial charge in [-0.1, -0.05) is 11.6 Å². The second-order valence-corrected chi connectivity index (χ2v) is 6.18. The average Bonchev–Trinajstić information content (AvgIpc) is 3.06. The van der Waals surface area contributed by atoms with Gasteiger partial charge in [0.15, 0.2) is 0 Å². The smallest absolute Gasteiger partial charge is 0.233 e. The van der Waals surface area contributed by atoms with Gasteiger partial charge in [-0.15, -0.1) is 11.8 Å². The maximum atomic E-state index is 11.8. The first-order valence-electron chi connectivity index (χ1n) is 6.54. The van der Waals surface area contributed by atoms with Crippen LogP contribution in [0.4, 0.5) is 0 Å². The van der Waals surface area contributed by atoms with Crippen LogP contribution in [0.2, 0.25) is 5.02 Å². The number of nitrogens with zero attached hydrogens (tertiary/aromatic N) is 2. The summed E-state index contributed by atoms with van der Waals surface area (Å²) in [4.78, 5) is 13.7. The van der Waals surface area contributed by atoms with Crippen LogP contribution >= 0.6 is 23.4 Å². The number of hydrogen-bond acceptors (Lipinski definition) is 2. The lowest BCUT2D eigenvalue weighted by Crippen LogP contribution is -2.27. The molecule has 1 aromatic carbocycles. The van der Waals surface area contributed by atoms with E-state index >= 15 is 0 Å². The van der Waals surface area contributed by atoms with Crippen LogP contribution in [-0.4, -0.2) is 27.7 Å². The molecule has 1 fully saturated rings. The lowest BCUT2D eigenvalue weighted by molar-refractivity contribution is -0.127. The summed E-state index contributed by atoms with van der Waals surface area (Å²) in [5, 5.41) is 0.872. The van der Waals surface area contributed by atoms with E-state index in [-0.39, 0.29) is 11.3 Å². The third kappa shape index (κ3) is 2.45. The second-order valence-electron chi connectivity index (χ2n) is 4.67. The molecule has 0 unspecified atom stereocenters. The summed E-state index contributed by atoms with van der Waals surface area (Å²) in [7, 11) is 0. The molecule has 0 N–H and O–H groups in total. The predicted molar refractivity (Wildman–Crippen MR) is 83.4 cm³/mol. The molecule has 2 heterocycles. The Hall–Kier alpha value is -1.39.